The maximum Gasteiger partial charge on any atom is 0.273 e. The van der Waals surface area contributed by atoms with Crippen molar-refractivity contribution < 1.29 is 19.2 Å². The van der Waals surface area contributed by atoms with E-state index in [-0.39, 0.29) is 23.4 Å². The Hall–Kier alpha value is -2.52. The van der Waals surface area contributed by atoms with Gasteiger partial charge in [0.1, 0.15) is 0 Å². The molecule has 174 valence electrons. The van der Waals surface area contributed by atoms with Gasteiger partial charge in [-0.3, -0.25) is 19.7 Å². The van der Waals surface area contributed by atoms with E-state index < -0.39 is 4.92 Å². The van der Waals surface area contributed by atoms with E-state index >= 15 is 0 Å². The third kappa shape index (κ3) is 4.94. The van der Waals surface area contributed by atoms with Gasteiger partial charge in [-0.1, -0.05) is 6.07 Å². The van der Waals surface area contributed by atoms with Crippen LogP contribution in [0.1, 0.15) is 41.6 Å². The maximum absolute atomic E-state index is 12.9. The number of likely N-dealkylation sites (tertiary alicyclic amines) is 2. The molecule has 0 N–H and O–H groups in total. The van der Waals surface area contributed by atoms with Crippen LogP contribution in [0.15, 0.2) is 18.2 Å². The van der Waals surface area contributed by atoms with E-state index in [1.165, 1.54) is 6.07 Å². The Labute approximate surface area is 188 Å². The van der Waals surface area contributed by atoms with Crippen LogP contribution in [-0.4, -0.2) is 90.0 Å². The predicted octanol–water partition coefficient (Wildman–Crippen LogP) is 2.08. The Bertz CT molecular complexity index is 854. The number of piperidine rings is 2. The molecule has 3 aliphatic rings. The SMILES string of the molecule is Cc1ccc(C(=O)N2CCC(N3CCC(C(=O)N4CCOCC4)CC3)CC2)cc1[N+](=O)[O-]. The molecule has 0 unspecified atom stereocenters. The molecule has 0 radical (unpaired) electrons. The average molecular weight is 445 g/mol. The third-order valence-corrected chi connectivity index (χ3v) is 7.12. The van der Waals surface area contributed by atoms with Crippen molar-refractivity contribution in [3.8, 4) is 0 Å². The van der Waals surface area contributed by atoms with Gasteiger partial charge in [0.15, 0.2) is 0 Å². The number of nitro benzene ring substituents is 1. The van der Waals surface area contributed by atoms with E-state index in [0.717, 1.165) is 38.8 Å². The van der Waals surface area contributed by atoms with Crippen molar-refractivity contribution in [3.05, 3.63) is 39.4 Å². The molecule has 3 fully saturated rings. The molecular formula is C23H32N4O5. The van der Waals surface area contributed by atoms with Gasteiger partial charge in [0.05, 0.1) is 18.1 Å². The summed E-state index contributed by atoms with van der Waals surface area (Å²) in [6, 6.07) is 5.12. The second-order valence-corrected chi connectivity index (χ2v) is 9.03. The fraction of sp³-hybridized carbons (Fsp3) is 0.652. The standard InChI is InChI=1S/C23H32N4O5/c1-17-2-3-19(16-21(17)27(30)31)23(29)25-10-6-20(7-11-25)24-8-4-18(5-9-24)22(28)26-12-14-32-15-13-26/h2-3,16,18,20H,4-15H2,1H3. The summed E-state index contributed by atoms with van der Waals surface area (Å²) in [5, 5.41) is 11.2. The van der Waals surface area contributed by atoms with Gasteiger partial charge in [-0.15, -0.1) is 0 Å². The molecule has 2 amide bonds. The number of ether oxygens (including phenoxy) is 1. The lowest BCUT2D eigenvalue weighted by Gasteiger charge is -2.42. The number of carbonyl (C=O) groups excluding carboxylic acids is 2. The molecular weight excluding hydrogens is 412 g/mol. The van der Waals surface area contributed by atoms with Gasteiger partial charge in [-0.2, -0.15) is 0 Å². The number of aryl methyl sites for hydroxylation is 1. The summed E-state index contributed by atoms with van der Waals surface area (Å²) >= 11 is 0. The first-order chi connectivity index (χ1) is 15.4. The highest BCUT2D eigenvalue weighted by Gasteiger charge is 2.33. The van der Waals surface area contributed by atoms with Crippen molar-refractivity contribution in [1.82, 2.24) is 14.7 Å². The van der Waals surface area contributed by atoms with Gasteiger partial charge in [0.25, 0.3) is 11.6 Å². The Morgan fingerprint density at radius 1 is 0.969 bits per heavy atom. The smallest absolute Gasteiger partial charge is 0.273 e. The molecule has 0 aromatic heterocycles. The van der Waals surface area contributed by atoms with Crippen molar-refractivity contribution in [1.29, 1.82) is 0 Å². The largest absolute Gasteiger partial charge is 0.378 e. The van der Waals surface area contributed by atoms with Crippen molar-refractivity contribution in [2.75, 3.05) is 52.5 Å². The Balaban J connectivity index is 1.26. The molecule has 0 spiro atoms. The Kier molecular flexibility index (Phi) is 7.05. The van der Waals surface area contributed by atoms with Crippen LogP contribution in [0.25, 0.3) is 0 Å². The van der Waals surface area contributed by atoms with Crippen LogP contribution in [0.2, 0.25) is 0 Å². The number of carbonyl (C=O) groups is 2. The number of amides is 2. The minimum absolute atomic E-state index is 0.0137. The molecule has 3 heterocycles. The summed E-state index contributed by atoms with van der Waals surface area (Å²) in [5.41, 5.74) is 0.921. The van der Waals surface area contributed by atoms with Gasteiger partial charge in [0, 0.05) is 55.3 Å². The highest BCUT2D eigenvalue weighted by molar-refractivity contribution is 5.95. The highest BCUT2D eigenvalue weighted by Crippen LogP contribution is 2.27. The van der Waals surface area contributed by atoms with Crippen LogP contribution in [0.5, 0.6) is 0 Å². The van der Waals surface area contributed by atoms with E-state index in [4.69, 9.17) is 4.74 Å². The molecule has 4 rings (SSSR count). The summed E-state index contributed by atoms with van der Waals surface area (Å²) in [7, 11) is 0. The minimum atomic E-state index is -0.439. The van der Waals surface area contributed by atoms with E-state index in [0.29, 0.717) is 56.6 Å². The number of hydrogen-bond donors (Lipinski definition) is 0. The molecule has 1 aromatic rings. The number of rotatable bonds is 4. The lowest BCUT2D eigenvalue weighted by molar-refractivity contribution is -0.385. The molecule has 9 nitrogen and oxygen atoms in total. The number of nitrogens with zero attached hydrogens (tertiary/aromatic N) is 4. The zero-order valence-electron chi connectivity index (χ0n) is 18.7. The van der Waals surface area contributed by atoms with Crippen molar-refractivity contribution in [2.45, 2.75) is 38.6 Å². The molecule has 3 aliphatic heterocycles. The summed E-state index contributed by atoms with van der Waals surface area (Å²) in [5.74, 6) is 0.255. The molecule has 0 saturated carbocycles. The van der Waals surface area contributed by atoms with E-state index in [9.17, 15) is 19.7 Å². The van der Waals surface area contributed by atoms with E-state index in [2.05, 4.69) is 4.90 Å². The Morgan fingerprint density at radius 3 is 2.25 bits per heavy atom. The number of nitro groups is 1. The first-order valence-electron chi connectivity index (χ1n) is 11.6. The first kappa shape index (κ1) is 22.7. The zero-order valence-corrected chi connectivity index (χ0v) is 18.7. The third-order valence-electron chi connectivity index (χ3n) is 7.12. The second kappa shape index (κ2) is 9.95. The minimum Gasteiger partial charge on any atom is -0.378 e. The van der Waals surface area contributed by atoms with Crippen LogP contribution in [0.4, 0.5) is 5.69 Å². The molecule has 0 bridgehead atoms. The topological polar surface area (TPSA) is 96.2 Å². The van der Waals surface area contributed by atoms with Crippen LogP contribution in [-0.2, 0) is 9.53 Å². The molecule has 1 aromatic carbocycles. The van der Waals surface area contributed by atoms with Crippen molar-refractivity contribution >= 4 is 17.5 Å². The fourth-order valence-electron chi connectivity index (χ4n) is 5.11. The van der Waals surface area contributed by atoms with Gasteiger partial charge < -0.3 is 19.4 Å². The second-order valence-electron chi connectivity index (χ2n) is 9.03. The molecule has 32 heavy (non-hydrogen) atoms. The predicted molar refractivity (Wildman–Crippen MR) is 118 cm³/mol. The van der Waals surface area contributed by atoms with Crippen LogP contribution < -0.4 is 0 Å². The fourth-order valence-corrected chi connectivity index (χ4v) is 5.11. The molecule has 0 aliphatic carbocycles. The van der Waals surface area contributed by atoms with Crippen LogP contribution in [0.3, 0.4) is 0 Å². The Morgan fingerprint density at radius 2 is 1.62 bits per heavy atom. The quantitative estimate of drug-likeness (QED) is 0.521. The summed E-state index contributed by atoms with van der Waals surface area (Å²) in [4.78, 5) is 42.6. The van der Waals surface area contributed by atoms with E-state index in [1.54, 1.807) is 24.0 Å². The van der Waals surface area contributed by atoms with Crippen molar-refractivity contribution in [2.24, 2.45) is 5.92 Å². The normalized spacial score (nSPS) is 21.5. The number of benzene rings is 1. The first-order valence-corrected chi connectivity index (χ1v) is 11.6. The summed E-state index contributed by atoms with van der Waals surface area (Å²) in [6.07, 6.45) is 3.56. The molecule has 3 saturated heterocycles. The summed E-state index contributed by atoms with van der Waals surface area (Å²) in [6.45, 7) is 7.50. The molecule has 9 heteroatoms. The maximum atomic E-state index is 12.9. The van der Waals surface area contributed by atoms with E-state index in [1.807, 2.05) is 4.90 Å². The lowest BCUT2D eigenvalue weighted by atomic mass is 9.92. The number of morpholine rings is 1. The molecule has 0 atom stereocenters. The highest BCUT2D eigenvalue weighted by atomic mass is 16.6. The van der Waals surface area contributed by atoms with Crippen molar-refractivity contribution in [3.63, 3.8) is 0 Å². The van der Waals surface area contributed by atoms with Gasteiger partial charge in [0.2, 0.25) is 5.91 Å². The lowest BCUT2D eigenvalue weighted by Crippen LogP contribution is -2.51. The monoisotopic (exact) mass is 444 g/mol. The number of hydrogen-bond acceptors (Lipinski definition) is 6. The van der Waals surface area contributed by atoms with Crippen LogP contribution >= 0.6 is 0 Å². The average Bonchev–Trinajstić information content (AvgIpc) is 2.84. The van der Waals surface area contributed by atoms with Gasteiger partial charge >= 0.3 is 0 Å². The van der Waals surface area contributed by atoms with Gasteiger partial charge in [-0.05, 0) is 51.8 Å². The van der Waals surface area contributed by atoms with Gasteiger partial charge in [-0.25, -0.2) is 0 Å². The summed E-state index contributed by atoms with van der Waals surface area (Å²) < 4.78 is 5.35. The zero-order chi connectivity index (χ0) is 22.7. The van der Waals surface area contributed by atoms with Crippen LogP contribution in [0, 0.1) is 23.0 Å².